The fourth-order valence-electron chi connectivity index (χ4n) is 4.67. The van der Waals surface area contributed by atoms with Gasteiger partial charge in [-0.25, -0.2) is 4.79 Å². The summed E-state index contributed by atoms with van der Waals surface area (Å²) in [5.74, 6) is -0.857. The van der Waals surface area contributed by atoms with Crippen molar-refractivity contribution in [2.24, 2.45) is 0 Å². The van der Waals surface area contributed by atoms with Crippen LogP contribution in [0.15, 0.2) is 65.7 Å². The molecule has 1 saturated heterocycles. The molecule has 1 fully saturated rings. The van der Waals surface area contributed by atoms with Gasteiger partial charge < -0.3 is 15.4 Å². The highest BCUT2D eigenvalue weighted by atomic mass is 19.4. The number of hydrogen-bond donors (Lipinski definition) is 2. The average Bonchev–Trinajstić information content (AvgIpc) is 3.08. The van der Waals surface area contributed by atoms with Gasteiger partial charge in [-0.05, 0) is 30.7 Å². The quantitative estimate of drug-likeness (QED) is 0.454. The zero-order valence-corrected chi connectivity index (χ0v) is 19.5. The molecule has 0 atom stereocenters. The van der Waals surface area contributed by atoms with Gasteiger partial charge in [0.2, 0.25) is 0 Å². The minimum Gasteiger partial charge on any atom is -0.450 e. The first-order chi connectivity index (χ1) is 16.7. The van der Waals surface area contributed by atoms with Crippen LogP contribution in [0, 0.1) is 0 Å². The summed E-state index contributed by atoms with van der Waals surface area (Å²) in [5, 5.41) is 5.67. The summed E-state index contributed by atoms with van der Waals surface area (Å²) in [6.45, 7) is 4.16. The molecule has 1 spiro atoms. The SMILES string of the molecule is CC1=C(C(=O)NCCNc2cccc(C(F)(F)F)c2)C2(CCN(Cc3ccccc3)CC2)OC1=O. The van der Waals surface area contributed by atoms with Crippen molar-refractivity contribution in [3.8, 4) is 0 Å². The van der Waals surface area contributed by atoms with Crippen LogP contribution in [0.5, 0.6) is 0 Å². The normalized spacial score (nSPS) is 18.0. The molecule has 0 unspecified atom stereocenters. The van der Waals surface area contributed by atoms with Gasteiger partial charge in [0, 0.05) is 56.8 Å². The summed E-state index contributed by atoms with van der Waals surface area (Å²) < 4.78 is 44.4. The molecule has 2 aliphatic heterocycles. The van der Waals surface area contributed by atoms with Crippen LogP contribution in [0.3, 0.4) is 0 Å². The van der Waals surface area contributed by atoms with Crippen LogP contribution in [0.1, 0.15) is 30.9 Å². The van der Waals surface area contributed by atoms with Crippen molar-refractivity contribution in [1.29, 1.82) is 0 Å². The predicted octanol–water partition coefficient (Wildman–Crippen LogP) is 4.14. The Morgan fingerprint density at radius 2 is 1.77 bits per heavy atom. The van der Waals surface area contributed by atoms with E-state index >= 15 is 0 Å². The molecule has 9 heteroatoms. The van der Waals surface area contributed by atoms with Gasteiger partial charge in [-0.1, -0.05) is 36.4 Å². The molecule has 35 heavy (non-hydrogen) atoms. The Kier molecular flexibility index (Phi) is 7.16. The van der Waals surface area contributed by atoms with Gasteiger partial charge in [0.25, 0.3) is 5.91 Å². The Balaban J connectivity index is 1.33. The molecule has 0 bridgehead atoms. The molecule has 0 radical (unpaired) electrons. The average molecular weight is 488 g/mol. The summed E-state index contributed by atoms with van der Waals surface area (Å²) in [6.07, 6.45) is -3.38. The zero-order valence-electron chi connectivity index (χ0n) is 19.5. The minimum atomic E-state index is -4.42. The zero-order chi connectivity index (χ0) is 25.1. The van der Waals surface area contributed by atoms with Crippen LogP contribution < -0.4 is 10.6 Å². The van der Waals surface area contributed by atoms with Gasteiger partial charge in [-0.15, -0.1) is 0 Å². The topological polar surface area (TPSA) is 70.7 Å². The molecule has 186 valence electrons. The lowest BCUT2D eigenvalue weighted by Crippen LogP contribution is -2.48. The summed E-state index contributed by atoms with van der Waals surface area (Å²) in [7, 11) is 0. The fourth-order valence-corrected chi connectivity index (χ4v) is 4.67. The van der Waals surface area contributed by atoms with Crippen molar-refractivity contribution in [3.05, 3.63) is 76.9 Å². The van der Waals surface area contributed by atoms with E-state index in [1.54, 1.807) is 6.92 Å². The lowest BCUT2D eigenvalue weighted by atomic mass is 9.82. The molecule has 2 aromatic rings. The third-order valence-electron chi connectivity index (χ3n) is 6.49. The maximum absolute atomic E-state index is 13.1. The second kappa shape index (κ2) is 10.1. The van der Waals surface area contributed by atoms with E-state index in [0.717, 1.165) is 18.7 Å². The number of nitrogens with one attached hydrogen (secondary N) is 2. The maximum Gasteiger partial charge on any atom is 0.416 e. The van der Waals surface area contributed by atoms with Gasteiger partial charge in [-0.3, -0.25) is 9.69 Å². The smallest absolute Gasteiger partial charge is 0.416 e. The minimum absolute atomic E-state index is 0.177. The van der Waals surface area contributed by atoms with Crippen LogP contribution in [0.2, 0.25) is 0 Å². The fraction of sp³-hybridized carbons (Fsp3) is 0.385. The van der Waals surface area contributed by atoms with Gasteiger partial charge in [0.1, 0.15) is 5.60 Å². The van der Waals surface area contributed by atoms with E-state index in [2.05, 4.69) is 27.7 Å². The van der Waals surface area contributed by atoms with E-state index in [-0.39, 0.29) is 19.0 Å². The first-order valence-corrected chi connectivity index (χ1v) is 11.6. The number of rotatable bonds is 7. The molecular weight excluding hydrogens is 459 g/mol. The lowest BCUT2D eigenvalue weighted by molar-refractivity contribution is -0.151. The van der Waals surface area contributed by atoms with Crippen molar-refractivity contribution in [1.82, 2.24) is 10.2 Å². The number of carbonyl (C=O) groups is 2. The van der Waals surface area contributed by atoms with E-state index in [0.29, 0.717) is 42.8 Å². The van der Waals surface area contributed by atoms with Crippen LogP contribution in [-0.2, 0) is 27.0 Å². The van der Waals surface area contributed by atoms with Gasteiger partial charge in [0.15, 0.2) is 0 Å². The van der Waals surface area contributed by atoms with E-state index in [4.69, 9.17) is 4.74 Å². The van der Waals surface area contributed by atoms with Crippen LogP contribution in [0.25, 0.3) is 0 Å². The third-order valence-corrected chi connectivity index (χ3v) is 6.49. The highest BCUT2D eigenvalue weighted by Crippen LogP contribution is 2.41. The molecule has 2 aliphatic rings. The highest BCUT2D eigenvalue weighted by Gasteiger charge is 2.50. The van der Waals surface area contributed by atoms with E-state index in [1.807, 2.05) is 18.2 Å². The van der Waals surface area contributed by atoms with Crippen molar-refractivity contribution in [3.63, 3.8) is 0 Å². The van der Waals surface area contributed by atoms with Gasteiger partial charge in [-0.2, -0.15) is 13.2 Å². The number of amides is 1. The Hall–Kier alpha value is -3.33. The predicted molar refractivity (Wildman–Crippen MR) is 125 cm³/mol. The summed E-state index contributed by atoms with van der Waals surface area (Å²) in [5.41, 5.74) is 0.503. The van der Waals surface area contributed by atoms with Crippen LogP contribution in [0.4, 0.5) is 18.9 Å². The van der Waals surface area contributed by atoms with Crippen molar-refractivity contribution >= 4 is 17.6 Å². The first-order valence-electron chi connectivity index (χ1n) is 11.6. The molecule has 0 aliphatic carbocycles. The molecule has 0 saturated carbocycles. The largest absolute Gasteiger partial charge is 0.450 e. The number of piperidine rings is 1. The van der Waals surface area contributed by atoms with Gasteiger partial charge >= 0.3 is 12.1 Å². The summed E-state index contributed by atoms with van der Waals surface area (Å²) >= 11 is 0. The van der Waals surface area contributed by atoms with Crippen LogP contribution >= 0.6 is 0 Å². The van der Waals surface area contributed by atoms with E-state index in [9.17, 15) is 22.8 Å². The van der Waals surface area contributed by atoms with Crippen molar-refractivity contribution in [2.75, 3.05) is 31.5 Å². The first kappa shape index (κ1) is 24.8. The highest BCUT2D eigenvalue weighted by molar-refractivity contribution is 6.07. The maximum atomic E-state index is 13.1. The second-order valence-corrected chi connectivity index (χ2v) is 8.91. The number of likely N-dealkylation sites (tertiary alicyclic amines) is 1. The van der Waals surface area contributed by atoms with E-state index < -0.39 is 23.3 Å². The van der Waals surface area contributed by atoms with Gasteiger partial charge in [0.05, 0.1) is 11.1 Å². The van der Waals surface area contributed by atoms with E-state index in [1.165, 1.54) is 17.7 Å². The molecule has 2 aromatic carbocycles. The third kappa shape index (κ3) is 5.67. The monoisotopic (exact) mass is 487 g/mol. The number of alkyl halides is 3. The number of hydrogen-bond acceptors (Lipinski definition) is 5. The molecule has 2 N–H and O–H groups in total. The molecule has 1 amide bonds. The molecule has 4 rings (SSSR count). The Labute approximate surface area is 202 Å². The number of esters is 1. The number of nitrogens with zero attached hydrogens (tertiary/aromatic N) is 1. The molecule has 0 aromatic heterocycles. The Bertz CT molecular complexity index is 1110. The number of halogens is 3. The summed E-state index contributed by atoms with van der Waals surface area (Å²) in [6, 6.07) is 15.0. The van der Waals surface area contributed by atoms with Crippen molar-refractivity contribution < 1.29 is 27.5 Å². The number of benzene rings is 2. The summed E-state index contributed by atoms with van der Waals surface area (Å²) in [4.78, 5) is 27.7. The number of ether oxygens (including phenoxy) is 1. The van der Waals surface area contributed by atoms with Crippen molar-refractivity contribution in [2.45, 2.75) is 38.1 Å². The second-order valence-electron chi connectivity index (χ2n) is 8.91. The molecular formula is C26H28F3N3O3. The molecule has 6 nitrogen and oxygen atoms in total. The standard InChI is InChI=1S/C26H28F3N3O3/c1-18-22(23(33)31-13-12-30-21-9-5-8-20(16-21)26(27,28)29)25(35-24(18)34)10-14-32(15-11-25)17-19-6-3-2-4-7-19/h2-9,16,30H,10-15,17H2,1H3,(H,31,33). The van der Waals surface area contributed by atoms with Crippen LogP contribution in [-0.4, -0.2) is 48.6 Å². The number of carbonyl (C=O) groups excluding carboxylic acids is 2. The lowest BCUT2D eigenvalue weighted by Gasteiger charge is -2.39. The molecule has 2 heterocycles. The number of anilines is 1. The Morgan fingerprint density at radius 3 is 2.46 bits per heavy atom. The Morgan fingerprint density at radius 1 is 1.06 bits per heavy atom.